The molecule has 1 saturated heterocycles. The molecule has 2 aliphatic rings. The fourth-order valence-electron chi connectivity index (χ4n) is 5.46. The van der Waals surface area contributed by atoms with Gasteiger partial charge in [-0.05, 0) is 55.5 Å². The minimum atomic E-state index is -0.247. The van der Waals surface area contributed by atoms with E-state index in [9.17, 15) is 9.18 Å². The van der Waals surface area contributed by atoms with E-state index in [1.54, 1.807) is 37.0 Å². The van der Waals surface area contributed by atoms with Gasteiger partial charge in [-0.15, -0.1) is 0 Å². The Morgan fingerprint density at radius 3 is 2.68 bits per heavy atom. The van der Waals surface area contributed by atoms with Gasteiger partial charge in [0.05, 0.1) is 7.11 Å². The Hall–Kier alpha value is -3.49. The lowest BCUT2D eigenvalue weighted by molar-refractivity contribution is -0.132. The van der Waals surface area contributed by atoms with Gasteiger partial charge in [-0.25, -0.2) is 19.0 Å². The van der Waals surface area contributed by atoms with Crippen molar-refractivity contribution in [3.63, 3.8) is 0 Å². The van der Waals surface area contributed by atoms with E-state index in [4.69, 9.17) is 14.8 Å². The molecule has 2 atom stereocenters. The molecule has 0 N–H and O–H groups in total. The highest BCUT2D eigenvalue weighted by molar-refractivity contribution is 5.76. The first-order valence-corrected chi connectivity index (χ1v) is 13.2. The molecule has 2 aromatic heterocycles. The maximum Gasteiger partial charge on any atom is 0.244 e. The molecule has 1 aliphatic carbocycles. The lowest BCUT2D eigenvalue weighted by atomic mass is 9.82. The van der Waals surface area contributed by atoms with Crippen molar-refractivity contribution in [2.45, 2.75) is 52.0 Å². The number of amides is 1. The maximum atomic E-state index is 13.9. The highest BCUT2D eigenvalue weighted by atomic mass is 19.1. The number of methoxy groups -OCH3 is 1. The molecular weight excluding hydrogens is 471 g/mol. The van der Waals surface area contributed by atoms with Gasteiger partial charge in [0, 0.05) is 49.9 Å². The highest BCUT2D eigenvalue weighted by Gasteiger charge is 2.29. The van der Waals surface area contributed by atoms with Crippen molar-refractivity contribution in [3.8, 4) is 17.1 Å². The van der Waals surface area contributed by atoms with Gasteiger partial charge in [-0.1, -0.05) is 19.8 Å². The van der Waals surface area contributed by atoms with Crippen LogP contribution in [0.1, 0.15) is 49.9 Å². The number of carbonyl (C=O) groups excluding carboxylic acids is 1. The van der Waals surface area contributed by atoms with Crippen molar-refractivity contribution in [2.75, 3.05) is 38.2 Å². The first kappa shape index (κ1) is 25.2. The van der Waals surface area contributed by atoms with E-state index in [2.05, 4.69) is 16.8 Å². The summed E-state index contributed by atoms with van der Waals surface area (Å²) in [5, 5.41) is 4.77. The molecule has 3 aromatic rings. The number of anilines is 1. The number of hydrogen-bond donors (Lipinski definition) is 0. The number of piperazine rings is 1. The van der Waals surface area contributed by atoms with Crippen molar-refractivity contribution < 1.29 is 13.9 Å². The molecule has 1 amide bonds. The summed E-state index contributed by atoms with van der Waals surface area (Å²) in [6.07, 6.45) is 6.20. The zero-order valence-corrected chi connectivity index (χ0v) is 21.9. The van der Waals surface area contributed by atoms with Gasteiger partial charge in [0.1, 0.15) is 29.8 Å². The van der Waals surface area contributed by atoms with Crippen LogP contribution in [-0.2, 0) is 11.3 Å². The Morgan fingerprint density at radius 1 is 1.14 bits per heavy atom. The first-order valence-electron chi connectivity index (χ1n) is 13.2. The lowest BCUT2D eigenvalue weighted by Crippen LogP contribution is -2.50. The second kappa shape index (κ2) is 10.9. The average Bonchev–Trinajstić information content (AvgIpc) is 3.34. The summed E-state index contributed by atoms with van der Waals surface area (Å²) in [7, 11) is 1.64. The van der Waals surface area contributed by atoms with Crippen molar-refractivity contribution in [2.24, 2.45) is 5.92 Å². The second-order valence-electron chi connectivity index (χ2n) is 10.3. The Bertz CT molecular complexity index is 1250. The Kier molecular flexibility index (Phi) is 7.39. The third-order valence-corrected chi connectivity index (χ3v) is 7.61. The van der Waals surface area contributed by atoms with E-state index in [-0.39, 0.29) is 24.2 Å². The van der Waals surface area contributed by atoms with E-state index in [1.807, 2.05) is 17.0 Å². The third-order valence-electron chi connectivity index (χ3n) is 7.61. The van der Waals surface area contributed by atoms with Crippen LogP contribution in [0.15, 0.2) is 36.5 Å². The lowest BCUT2D eigenvalue weighted by Gasteiger charge is -2.35. The molecule has 0 bridgehead atoms. The number of aryl methyl sites for hydroxylation is 1. The monoisotopic (exact) mass is 506 g/mol. The van der Waals surface area contributed by atoms with Crippen LogP contribution in [0.5, 0.6) is 5.75 Å². The number of benzene rings is 1. The number of hydrogen-bond acceptors (Lipinski definition) is 6. The van der Waals surface area contributed by atoms with Crippen LogP contribution >= 0.6 is 0 Å². The average molecular weight is 507 g/mol. The number of carbonyl (C=O) groups is 1. The third kappa shape index (κ3) is 5.60. The summed E-state index contributed by atoms with van der Waals surface area (Å²) in [6.45, 7) is 6.82. The zero-order valence-electron chi connectivity index (χ0n) is 21.9. The number of halogens is 1. The van der Waals surface area contributed by atoms with Crippen LogP contribution in [0.25, 0.3) is 11.4 Å². The largest absolute Gasteiger partial charge is 0.497 e. The number of aromatic nitrogens is 4. The molecule has 196 valence electrons. The molecule has 0 spiro atoms. The van der Waals surface area contributed by atoms with Crippen LogP contribution < -0.4 is 9.64 Å². The highest BCUT2D eigenvalue weighted by Crippen LogP contribution is 2.36. The van der Waals surface area contributed by atoms with Crippen LogP contribution in [0, 0.1) is 18.7 Å². The van der Waals surface area contributed by atoms with E-state index >= 15 is 0 Å². The van der Waals surface area contributed by atoms with E-state index in [1.165, 1.54) is 12.5 Å². The zero-order chi connectivity index (χ0) is 25.9. The molecule has 0 radical (unpaired) electrons. The fourth-order valence-corrected chi connectivity index (χ4v) is 5.46. The molecule has 8 nitrogen and oxygen atoms in total. The first-order chi connectivity index (χ1) is 17.9. The molecule has 37 heavy (non-hydrogen) atoms. The van der Waals surface area contributed by atoms with Gasteiger partial charge >= 0.3 is 0 Å². The molecule has 2 unspecified atom stereocenters. The molecule has 1 saturated carbocycles. The summed E-state index contributed by atoms with van der Waals surface area (Å²) in [5.74, 6) is 3.74. The molecule has 9 heteroatoms. The number of ether oxygens (including phenoxy) is 1. The Labute approximate surface area is 217 Å². The topological polar surface area (TPSA) is 76.4 Å². The van der Waals surface area contributed by atoms with Crippen molar-refractivity contribution in [1.82, 2.24) is 24.6 Å². The van der Waals surface area contributed by atoms with E-state index in [0.717, 1.165) is 42.2 Å². The van der Waals surface area contributed by atoms with Crippen LogP contribution in [0.4, 0.5) is 10.2 Å². The van der Waals surface area contributed by atoms with Gasteiger partial charge in [0.15, 0.2) is 5.82 Å². The molecule has 2 fully saturated rings. The summed E-state index contributed by atoms with van der Waals surface area (Å²) in [4.78, 5) is 26.8. The summed E-state index contributed by atoms with van der Waals surface area (Å²) >= 11 is 0. The standard InChI is InChI=1S/C28H35FN6O2/c1-19-5-4-6-22(15-19)28-31-27(21-7-8-24(29)20(2)16-21)32-35(28)18-26(36)34-13-11-33(12-14-34)25-17-23(37-3)9-10-30-25/h7-10,16-17,19,22H,4-6,11-15,18H2,1-3H3. The fraction of sp³-hybridized carbons (Fsp3) is 0.500. The van der Waals surface area contributed by atoms with Gasteiger partial charge in [-0.2, -0.15) is 5.10 Å². The predicted molar refractivity (Wildman–Crippen MR) is 140 cm³/mol. The van der Waals surface area contributed by atoms with E-state index in [0.29, 0.717) is 43.5 Å². The molecule has 3 heterocycles. The van der Waals surface area contributed by atoms with Crippen molar-refractivity contribution >= 4 is 11.7 Å². The van der Waals surface area contributed by atoms with Gasteiger partial charge in [0.25, 0.3) is 0 Å². The van der Waals surface area contributed by atoms with E-state index < -0.39 is 0 Å². The number of rotatable bonds is 6. The Morgan fingerprint density at radius 2 is 1.95 bits per heavy atom. The smallest absolute Gasteiger partial charge is 0.244 e. The number of nitrogens with zero attached hydrogens (tertiary/aromatic N) is 6. The minimum absolute atomic E-state index is 0.0371. The number of pyridine rings is 1. The van der Waals surface area contributed by atoms with Crippen molar-refractivity contribution in [3.05, 3.63) is 53.7 Å². The van der Waals surface area contributed by atoms with Crippen LogP contribution in [-0.4, -0.2) is 63.8 Å². The molecule has 1 aliphatic heterocycles. The van der Waals surface area contributed by atoms with Gasteiger partial charge < -0.3 is 14.5 Å². The molecular formula is C28H35FN6O2. The van der Waals surface area contributed by atoms with Crippen LogP contribution in [0.2, 0.25) is 0 Å². The summed E-state index contributed by atoms with van der Waals surface area (Å²) in [6, 6.07) is 8.69. The summed E-state index contributed by atoms with van der Waals surface area (Å²) in [5.41, 5.74) is 1.33. The predicted octanol–water partition coefficient (Wildman–Crippen LogP) is 4.44. The molecule has 5 rings (SSSR count). The minimum Gasteiger partial charge on any atom is -0.497 e. The van der Waals surface area contributed by atoms with Gasteiger partial charge in [0.2, 0.25) is 5.91 Å². The van der Waals surface area contributed by atoms with Gasteiger partial charge in [-0.3, -0.25) is 4.79 Å². The quantitative estimate of drug-likeness (QED) is 0.492. The van der Waals surface area contributed by atoms with Crippen LogP contribution in [0.3, 0.4) is 0 Å². The maximum absolute atomic E-state index is 13.9. The normalized spacial score (nSPS) is 20.2. The second-order valence-corrected chi connectivity index (χ2v) is 10.3. The summed E-state index contributed by atoms with van der Waals surface area (Å²) < 4.78 is 21.0. The SMILES string of the molecule is COc1ccnc(N2CCN(C(=O)Cn3nc(-c4ccc(F)c(C)c4)nc3C3CCCC(C)C3)CC2)c1. The van der Waals surface area contributed by atoms with Crippen molar-refractivity contribution in [1.29, 1.82) is 0 Å². The molecule has 1 aromatic carbocycles. The Balaban J connectivity index is 1.32.